The summed E-state index contributed by atoms with van der Waals surface area (Å²) >= 11 is 0. The highest BCUT2D eigenvalue weighted by molar-refractivity contribution is 5.93. The SMILES string of the molecule is CC(=O)Oc1c(-c2ccc(NC(=O)Cc3ccccc3)cc2)c(-c2cccc(N(C)C)c2)nn1-c1ccc(C)cc1. The summed E-state index contributed by atoms with van der Waals surface area (Å²) < 4.78 is 7.51. The van der Waals surface area contributed by atoms with Crippen LogP contribution in [0.2, 0.25) is 0 Å². The van der Waals surface area contributed by atoms with Crippen LogP contribution in [-0.4, -0.2) is 35.8 Å². The van der Waals surface area contributed by atoms with E-state index in [0.717, 1.165) is 33.6 Å². The topological polar surface area (TPSA) is 76.5 Å². The Morgan fingerprint density at radius 1 is 0.854 bits per heavy atom. The monoisotopic (exact) mass is 544 g/mol. The molecule has 7 nitrogen and oxygen atoms in total. The second kappa shape index (κ2) is 11.9. The van der Waals surface area contributed by atoms with E-state index in [2.05, 4.69) is 11.4 Å². The van der Waals surface area contributed by atoms with E-state index >= 15 is 0 Å². The van der Waals surface area contributed by atoms with Crippen LogP contribution in [0.3, 0.4) is 0 Å². The molecule has 1 heterocycles. The van der Waals surface area contributed by atoms with E-state index in [1.165, 1.54) is 6.92 Å². The molecule has 1 amide bonds. The molecule has 4 aromatic carbocycles. The average Bonchev–Trinajstić information content (AvgIpc) is 3.32. The largest absolute Gasteiger partial charge is 0.407 e. The van der Waals surface area contributed by atoms with Gasteiger partial charge in [0.25, 0.3) is 0 Å². The second-order valence-electron chi connectivity index (χ2n) is 10.1. The number of amides is 1. The molecule has 0 spiro atoms. The number of ether oxygens (including phenoxy) is 1. The molecule has 0 saturated heterocycles. The Hall–Kier alpha value is -5.17. The van der Waals surface area contributed by atoms with Gasteiger partial charge in [0.2, 0.25) is 11.8 Å². The van der Waals surface area contributed by atoms with Gasteiger partial charge in [0.05, 0.1) is 17.7 Å². The van der Waals surface area contributed by atoms with Crippen LogP contribution in [0.5, 0.6) is 5.88 Å². The molecule has 0 atom stereocenters. The summed E-state index contributed by atoms with van der Waals surface area (Å²) in [5.41, 5.74) is 7.55. The van der Waals surface area contributed by atoms with Gasteiger partial charge in [-0.15, -0.1) is 0 Å². The molecule has 1 aromatic heterocycles. The first kappa shape index (κ1) is 27.4. The van der Waals surface area contributed by atoms with Crippen LogP contribution in [0, 0.1) is 6.92 Å². The highest BCUT2D eigenvalue weighted by Crippen LogP contribution is 2.41. The third-order valence-corrected chi connectivity index (χ3v) is 6.66. The van der Waals surface area contributed by atoms with Gasteiger partial charge >= 0.3 is 5.97 Å². The summed E-state index contributed by atoms with van der Waals surface area (Å²) in [7, 11) is 3.97. The minimum absolute atomic E-state index is 0.0991. The number of carbonyl (C=O) groups is 2. The molecule has 0 aliphatic heterocycles. The lowest BCUT2D eigenvalue weighted by atomic mass is 10.0. The normalized spacial score (nSPS) is 10.7. The fourth-order valence-corrected chi connectivity index (χ4v) is 4.59. The smallest absolute Gasteiger partial charge is 0.309 e. The van der Waals surface area contributed by atoms with E-state index in [1.54, 1.807) is 4.68 Å². The number of rotatable bonds is 8. The fourth-order valence-electron chi connectivity index (χ4n) is 4.59. The van der Waals surface area contributed by atoms with E-state index in [9.17, 15) is 9.59 Å². The Morgan fingerprint density at radius 3 is 2.22 bits per heavy atom. The Morgan fingerprint density at radius 2 is 1.56 bits per heavy atom. The van der Waals surface area contributed by atoms with Crippen LogP contribution >= 0.6 is 0 Å². The van der Waals surface area contributed by atoms with Crippen LogP contribution in [0.1, 0.15) is 18.1 Å². The fraction of sp³-hybridized carbons (Fsp3) is 0.147. The first-order valence-electron chi connectivity index (χ1n) is 13.4. The zero-order valence-electron chi connectivity index (χ0n) is 23.6. The van der Waals surface area contributed by atoms with Gasteiger partial charge in [-0.05, 0) is 54.4 Å². The highest BCUT2D eigenvalue weighted by Gasteiger charge is 2.25. The molecular formula is C34H32N4O3. The number of nitrogens with one attached hydrogen (secondary N) is 1. The minimum atomic E-state index is -0.446. The molecular weight excluding hydrogens is 512 g/mol. The number of hydrogen-bond donors (Lipinski definition) is 1. The van der Waals surface area contributed by atoms with Gasteiger partial charge in [-0.1, -0.05) is 72.3 Å². The molecule has 41 heavy (non-hydrogen) atoms. The van der Waals surface area contributed by atoms with Crippen molar-refractivity contribution >= 4 is 23.3 Å². The Kier molecular flexibility index (Phi) is 7.97. The van der Waals surface area contributed by atoms with Gasteiger partial charge in [0, 0.05) is 38.0 Å². The summed E-state index contributed by atoms with van der Waals surface area (Å²) in [6.45, 7) is 3.40. The molecule has 5 aromatic rings. The van der Waals surface area contributed by atoms with Crippen LogP contribution in [0.4, 0.5) is 11.4 Å². The summed E-state index contributed by atoms with van der Waals surface area (Å²) in [4.78, 5) is 27.0. The van der Waals surface area contributed by atoms with E-state index in [0.29, 0.717) is 22.8 Å². The van der Waals surface area contributed by atoms with Crippen molar-refractivity contribution in [2.45, 2.75) is 20.3 Å². The number of nitrogens with zero attached hydrogens (tertiary/aromatic N) is 3. The molecule has 206 valence electrons. The Bertz CT molecular complexity index is 1670. The van der Waals surface area contributed by atoms with Crippen molar-refractivity contribution in [1.82, 2.24) is 9.78 Å². The average molecular weight is 545 g/mol. The molecule has 0 aliphatic rings. The summed E-state index contributed by atoms with van der Waals surface area (Å²) in [5.74, 6) is -0.219. The zero-order chi connectivity index (χ0) is 28.9. The maximum absolute atomic E-state index is 12.6. The molecule has 0 saturated carbocycles. The molecule has 0 unspecified atom stereocenters. The van der Waals surface area contributed by atoms with Gasteiger partial charge in [-0.2, -0.15) is 9.78 Å². The predicted molar refractivity (Wildman–Crippen MR) is 164 cm³/mol. The highest BCUT2D eigenvalue weighted by atomic mass is 16.5. The number of benzene rings is 4. The van der Waals surface area contributed by atoms with Crippen LogP contribution in [0.15, 0.2) is 103 Å². The van der Waals surface area contributed by atoms with Crippen molar-refractivity contribution in [3.63, 3.8) is 0 Å². The standard InChI is InChI=1S/C34H32N4O3/c1-23-13-19-29(20-14-23)38-34(41-24(2)39)32(33(36-38)27-11-8-12-30(22-27)37(3)4)26-15-17-28(18-16-26)35-31(40)21-25-9-6-5-7-10-25/h5-20,22H,21H2,1-4H3,(H,35,40). The molecule has 0 bridgehead atoms. The van der Waals surface area contributed by atoms with Crippen LogP contribution in [0.25, 0.3) is 28.1 Å². The quantitative estimate of drug-likeness (QED) is 0.220. The summed E-state index contributed by atoms with van der Waals surface area (Å²) in [6, 6.07) is 33.1. The Labute approximate surface area is 240 Å². The van der Waals surface area contributed by atoms with Gasteiger partial charge in [-0.25, -0.2) is 0 Å². The molecule has 0 radical (unpaired) electrons. The van der Waals surface area contributed by atoms with Crippen molar-refractivity contribution in [2.24, 2.45) is 0 Å². The number of anilines is 2. The van der Waals surface area contributed by atoms with Crippen molar-refractivity contribution in [3.8, 4) is 34.0 Å². The Balaban J connectivity index is 1.59. The summed E-state index contributed by atoms with van der Waals surface area (Å²) in [5, 5.41) is 7.95. The van der Waals surface area contributed by atoms with Crippen molar-refractivity contribution in [3.05, 3.63) is 114 Å². The third kappa shape index (κ3) is 6.36. The second-order valence-corrected chi connectivity index (χ2v) is 10.1. The van der Waals surface area contributed by atoms with Crippen LogP contribution < -0.4 is 15.0 Å². The number of esters is 1. The van der Waals surface area contributed by atoms with E-state index in [4.69, 9.17) is 9.84 Å². The lowest BCUT2D eigenvalue weighted by molar-refractivity contribution is -0.132. The predicted octanol–water partition coefficient (Wildman–Crippen LogP) is 6.69. The first-order valence-corrected chi connectivity index (χ1v) is 13.4. The van der Waals surface area contributed by atoms with Gasteiger partial charge in [-0.3, -0.25) is 9.59 Å². The van der Waals surface area contributed by atoms with Crippen molar-refractivity contribution < 1.29 is 14.3 Å². The van der Waals surface area contributed by atoms with Crippen molar-refractivity contribution in [1.29, 1.82) is 0 Å². The molecule has 0 aliphatic carbocycles. The molecule has 7 heteroatoms. The minimum Gasteiger partial charge on any atom is -0.407 e. The van der Waals surface area contributed by atoms with Gasteiger partial charge in [0.1, 0.15) is 5.69 Å². The van der Waals surface area contributed by atoms with E-state index < -0.39 is 5.97 Å². The maximum Gasteiger partial charge on any atom is 0.309 e. The lowest BCUT2D eigenvalue weighted by Crippen LogP contribution is -2.14. The number of carbonyl (C=O) groups excluding carboxylic acids is 2. The van der Waals surface area contributed by atoms with E-state index in [1.807, 2.05) is 123 Å². The number of aryl methyl sites for hydroxylation is 1. The zero-order valence-corrected chi connectivity index (χ0v) is 23.6. The maximum atomic E-state index is 12.6. The van der Waals surface area contributed by atoms with E-state index in [-0.39, 0.29) is 12.3 Å². The molecule has 0 fully saturated rings. The molecule has 1 N–H and O–H groups in total. The lowest BCUT2D eigenvalue weighted by Gasteiger charge is -2.14. The number of hydrogen-bond acceptors (Lipinski definition) is 5. The first-order chi connectivity index (χ1) is 19.8. The van der Waals surface area contributed by atoms with Gasteiger partial charge < -0.3 is 15.0 Å². The third-order valence-electron chi connectivity index (χ3n) is 6.66. The van der Waals surface area contributed by atoms with Gasteiger partial charge in [0.15, 0.2) is 0 Å². The van der Waals surface area contributed by atoms with Crippen LogP contribution in [-0.2, 0) is 16.0 Å². The van der Waals surface area contributed by atoms with Crippen molar-refractivity contribution in [2.75, 3.05) is 24.3 Å². The number of aromatic nitrogens is 2. The summed E-state index contributed by atoms with van der Waals surface area (Å²) in [6.07, 6.45) is 0.287. The molecule has 5 rings (SSSR count).